The number of nitrogens with one attached hydrogen (secondary N) is 2. The molecular formula is C14H19F3N2O. The Labute approximate surface area is 116 Å². The molecule has 0 bridgehead atoms. The van der Waals surface area contributed by atoms with Crippen LogP contribution in [0.4, 0.5) is 18.9 Å². The fourth-order valence-electron chi connectivity index (χ4n) is 1.64. The third-order valence-corrected chi connectivity index (χ3v) is 2.97. The van der Waals surface area contributed by atoms with E-state index in [0.29, 0.717) is 12.1 Å². The number of hydrogen-bond acceptors (Lipinski definition) is 2. The summed E-state index contributed by atoms with van der Waals surface area (Å²) in [6, 6.07) is 3.33. The predicted octanol–water partition coefficient (Wildman–Crippen LogP) is 3.20. The fourth-order valence-corrected chi connectivity index (χ4v) is 1.64. The molecule has 0 radical (unpaired) electrons. The van der Waals surface area contributed by atoms with Crippen molar-refractivity contribution in [2.75, 3.05) is 18.4 Å². The molecule has 0 aliphatic carbocycles. The molecule has 0 heterocycles. The van der Waals surface area contributed by atoms with E-state index >= 15 is 0 Å². The van der Waals surface area contributed by atoms with Gasteiger partial charge in [-0.2, -0.15) is 13.2 Å². The fraction of sp³-hybridized carbons (Fsp3) is 0.500. The van der Waals surface area contributed by atoms with Gasteiger partial charge < -0.3 is 10.6 Å². The molecule has 112 valence electrons. The number of amides is 1. The van der Waals surface area contributed by atoms with Gasteiger partial charge in [0, 0.05) is 18.2 Å². The van der Waals surface area contributed by atoms with Gasteiger partial charge >= 0.3 is 6.18 Å². The molecule has 1 atom stereocenters. The van der Waals surface area contributed by atoms with Gasteiger partial charge in [0.25, 0.3) is 0 Å². The van der Waals surface area contributed by atoms with Crippen molar-refractivity contribution in [2.45, 2.75) is 26.9 Å². The Morgan fingerprint density at radius 3 is 2.55 bits per heavy atom. The zero-order chi connectivity index (χ0) is 15.3. The van der Waals surface area contributed by atoms with Crippen LogP contribution in [0.15, 0.2) is 18.2 Å². The summed E-state index contributed by atoms with van der Waals surface area (Å²) in [6.07, 6.45) is -4.41. The van der Waals surface area contributed by atoms with Gasteiger partial charge in [-0.25, -0.2) is 0 Å². The highest BCUT2D eigenvalue weighted by Crippen LogP contribution is 2.32. The predicted molar refractivity (Wildman–Crippen MR) is 72.5 cm³/mol. The van der Waals surface area contributed by atoms with Crippen LogP contribution in [0.1, 0.15) is 25.0 Å². The molecule has 1 aromatic rings. The van der Waals surface area contributed by atoms with Gasteiger partial charge in [-0.05, 0) is 31.2 Å². The summed E-state index contributed by atoms with van der Waals surface area (Å²) in [4.78, 5) is 11.9. The Bertz CT molecular complexity index is 472. The highest BCUT2D eigenvalue weighted by atomic mass is 19.4. The molecule has 3 nitrogen and oxygen atoms in total. The Balaban J connectivity index is 2.84. The quantitative estimate of drug-likeness (QED) is 0.873. The van der Waals surface area contributed by atoms with Crippen molar-refractivity contribution in [1.29, 1.82) is 0 Å². The highest BCUT2D eigenvalue weighted by molar-refractivity contribution is 5.93. The first kappa shape index (κ1) is 16.5. The van der Waals surface area contributed by atoms with Gasteiger partial charge in [-0.3, -0.25) is 4.79 Å². The van der Waals surface area contributed by atoms with Crippen molar-refractivity contribution in [2.24, 2.45) is 5.92 Å². The number of hydrogen-bond donors (Lipinski definition) is 2. The molecule has 0 aromatic heterocycles. The molecule has 1 aromatic carbocycles. The van der Waals surface area contributed by atoms with Gasteiger partial charge in [0.2, 0.25) is 5.91 Å². The van der Waals surface area contributed by atoms with Crippen LogP contribution in [0, 0.1) is 12.8 Å². The maximum Gasteiger partial charge on any atom is 0.416 e. The van der Waals surface area contributed by atoms with E-state index in [4.69, 9.17) is 0 Å². The van der Waals surface area contributed by atoms with E-state index in [1.54, 1.807) is 13.8 Å². The number of benzene rings is 1. The van der Waals surface area contributed by atoms with Crippen molar-refractivity contribution in [3.63, 3.8) is 0 Å². The maximum absolute atomic E-state index is 12.6. The van der Waals surface area contributed by atoms with E-state index in [1.807, 2.05) is 6.92 Å². The normalized spacial score (nSPS) is 13.1. The number of alkyl halides is 3. The van der Waals surface area contributed by atoms with E-state index in [9.17, 15) is 18.0 Å². The van der Waals surface area contributed by atoms with E-state index in [1.165, 1.54) is 6.07 Å². The second-order valence-corrected chi connectivity index (χ2v) is 4.73. The zero-order valence-electron chi connectivity index (χ0n) is 11.8. The summed E-state index contributed by atoms with van der Waals surface area (Å²) < 4.78 is 37.9. The molecule has 6 heteroatoms. The number of halogens is 3. The molecule has 0 fully saturated rings. The second kappa shape index (κ2) is 6.74. The van der Waals surface area contributed by atoms with Crippen LogP contribution in [-0.4, -0.2) is 19.0 Å². The van der Waals surface area contributed by atoms with Crippen LogP contribution in [0.5, 0.6) is 0 Å². The van der Waals surface area contributed by atoms with Gasteiger partial charge in [-0.1, -0.05) is 19.9 Å². The van der Waals surface area contributed by atoms with Crippen LogP contribution in [0.2, 0.25) is 0 Å². The summed E-state index contributed by atoms with van der Waals surface area (Å²) >= 11 is 0. The number of carbonyl (C=O) groups is 1. The summed E-state index contributed by atoms with van der Waals surface area (Å²) in [5.74, 6) is -0.614. The molecule has 0 aliphatic rings. The summed E-state index contributed by atoms with van der Waals surface area (Å²) in [5.41, 5.74) is 0.0351. The Kier molecular flexibility index (Phi) is 5.56. The maximum atomic E-state index is 12.6. The van der Waals surface area contributed by atoms with Crippen LogP contribution < -0.4 is 10.6 Å². The zero-order valence-corrected chi connectivity index (χ0v) is 11.8. The smallest absolute Gasteiger partial charge is 0.326 e. The van der Waals surface area contributed by atoms with Gasteiger partial charge in [-0.15, -0.1) is 0 Å². The van der Waals surface area contributed by atoms with Crippen molar-refractivity contribution < 1.29 is 18.0 Å². The first-order chi connectivity index (χ1) is 9.25. The summed E-state index contributed by atoms with van der Waals surface area (Å²) in [6.45, 7) is 6.52. The lowest BCUT2D eigenvalue weighted by Crippen LogP contribution is -2.30. The average Bonchev–Trinajstić information content (AvgIpc) is 2.37. The monoisotopic (exact) mass is 288 g/mol. The SMILES string of the molecule is CCNCC(C)C(=O)Nc1cc(C(F)(F)F)ccc1C. The molecule has 0 aliphatic heterocycles. The lowest BCUT2D eigenvalue weighted by molar-refractivity contribution is -0.137. The van der Waals surface area contributed by atoms with Gasteiger partial charge in [0.1, 0.15) is 0 Å². The van der Waals surface area contributed by atoms with E-state index < -0.39 is 11.7 Å². The lowest BCUT2D eigenvalue weighted by Gasteiger charge is -2.15. The van der Waals surface area contributed by atoms with Crippen molar-refractivity contribution in [3.05, 3.63) is 29.3 Å². The van der Waals surface area contributed by atoms with Gasteiger partial charge in [0.05, 0.1) is 5.56 Å². The van der Waals surface area contributed by atoms with Crippen LogP contribution >= 0.6 is 0 Å². The number of anilines is 1. The number of aryl methyl sites for hydroxylation is 1. The van der Waals surface area contributed by atoms with Crippen molar-refractivity contribution in [1.82, 2.24) is 5.32 Å². The van der Waals surface area contributed by atoms with E-state index in [-0.39, 0.29) is 17.5 Å². The molecule has 20 heavy (non-hydrogen) atoms. The van der Waals surface area contributed by atoms with E-state index in [0.717, 1.165) is 18.7 Å². The average molecular weight is 288 g/mol. The molecule has 2 N–H and O–H groups in total. The van der Waals surface area contributed by atoms with Crippen LogP contribution in [0.3, 0.4) is 0 Å². The Hall–Kier alpha value is -1.56. The molecule has 1 rings (SSSR count). The summed E-state index contributed by atoms with van der Waals surface area (Å²) in [7, 11) is 0. The third-order valence-electron chi connectivity index (χ3n) is 2.97. The lowest BCUT2D eigenvalue weighted by atomic mass is 10.1. The largest absolute Gasteiger partial charge is 0.416 e. The summed E-state index contributed by atoms with van der Waals surface area (Å²) in [5, 5.41) is 5.58. The first-order valence-electron chi connectivity index (χ1n) is 6.45. The number of carbonyl (C=O) groups excluding carboxylic acids is 1. The minimum atomic E-state index is -4.41. The topological polar surface area (TPSA) is 41.1 Å². The minimum absolute atomic E-state index is 0.202. The molecule has 1 amide bonds. The van der Waals surface area contributed by atoms with Gasteiger partial charge in [0.15, 0.2) is 0 Å². The first-order valence-corrected chi connectivity index (χ1v) is 6.45. The molecule has 0 saturated carbocycles. The Morgan fingerprint density at radius 2 is 2.00 bits per heavy atom. The molecule has 1 unspecified atom stereocenters. The molecular weight excluding hydrogens is 269 g/mol. The highest BCUT2D eigenvalue weighted by Gasteiger charge is 2.31. The number of rotatable bonds is 5. The molecule has 0 saturated heterocycles. The van der Waals surface area contributed by atoms with Crippen LogP contribution in [-0.2, 0) is 11.0 Å². The Morgan fingerprint density at radius 1 is 1.35 bits per heavy atom. The standard InChI is InChI=1S/C14H19F3N2O/c1-4-18-8-10(3)13(20)19-12-7-11(14(15,16)17)6-5-9(12)2/h5-7,10,18H,4,8H2,1-3H3,(H,19,20). The van der Waals surface area contributed by atoms with Crippen molar-refractivity contribution >= 4 is 11.6 Å². The van der Waals surface area contributed by atoms with Crippen LogP contribution in [0.25, 0.3) is 0 Å². The van der Waals surface area contributed by atoms with E-state index in [2.05, 4.69) is 10.6 Å². The third kappa shape index (κ3) is 4.52. The second-order valence-electron chi connectivity index (χ2n) is 4.73. The van der Waals surface area contributed by atoms with Crippen molar-refractivity contribution in [3.8, 4) is 0 Å². The minimum Gasteiger partial charge on any atom is -0.326 e. The molecule has 0 spiro atoms.